The van der Waals surface area contributed by atoms with Crippen LogP contribution in [0.3, 0.4) is 0 Å². The van der Waals surface area contributed by atoms with Gasteiger partial charge in [-0.15, -0.1) is 0 Å². The molecule has 0 radical (unpaired) electrons. The molecule has 92 valence electrons. The van der Waals surface area contributed by atoms with E-state index in [-0.39, 0.29) is 12.2 Å². The summed E-state index contributed by atoms with van der Waals surface area (Å²) in [7, 11) is 1.74. The normalized spacial score (nSPS) is 28.9. The maximum absolute atomic E-state index is 5.88. The molecule has 1 fully saturated rings. The zero-order valence-corrected chi connectivity index (χ0v) is 10.6. The van der Waals surface area contributed by atoms with E-state index in [1.807, 2.05) is 6.07 Å². The highest BCUT2D eigenvalue weighted by Gasteiger charge is 2.32. The van der Waals surface area contributed by atoms with Crippen molar-refractivity contribution in [3.05, 3.63) is 48.0 Å². The average molecular weight is 232 g/mol. The Morgan fingerprint density at radius 3 is 2.65 bits per heavy atom. The summed E-state index contributed by atoms with van der Waals surface area (Å²) in [4.78, 5) is 0. The predicted octanol–water partition coefficient (Wildman–Crippen LogP) is 3.36. The minimum Gasteiger partial charge on any atom is -0.378 e. The van der Waals surface area contributed by atoms with E-state index >= 15 is 0 Å². The zero-order valence-electron chi connectivity index (χ0n) is 10.6. The first-order chi connectivity index (χ1) is 8.22. The van der Waals surface area contributed by atoms with Crippen LogP contribution in [0.1, 0.15) is 25.0 Å². The number of hydrogen-bond donors (Lipinski definition) is 0. The van der Waals surface area contributed by atoms with Crippen molar-refractivity contribution in [3.8, 4) is 0 Å². The SMILES string of the molecule is C=C(C)[C@@H]1CC(c2ccccc2)OC[C@H]1OC. The molecular formula is C15H20O2. The monoisotopic (exact) mass is 232 g/mol. The molecule has 0 spiro atoms. The van der Waals surface area contributed by atoms with Crippen molar-refractivity contribution >= 4 is 0 Å². The molecule has 17 heavy (non-hydrogen) atoms. The van der Waals surface area contributed by atoms with Crippen molar-refractivity contribution in [2.75, 3.05) is 13.7 Å². The van der Waals surface area contributed by atoms with E-state index in [1.165, 1.54) is 11.1 Å². The highest BCUT2D eigenvalue weighted by molar-refractivity contribution is 5.19. The molecule has 3 atom stereocenters. The van der Waals surface area contributed by atoms with Crippen LogP contribution in [0.4, 0.5) is 0 Å². The van der Waals surface area contributed by atoms with Gasteiger partial charge < -0.3 is 9.47 Å². The van der Waals surface area contributed by atoms with E-state index in [9.17, 15) is 0 Å². The van der Waals surface area contributed by atoms with E-state index < -0.39 is 0 Å². The molecule has 1 heterocycles. The Labute approximate surface area is 103 Å². The quantitative estimate of drug-likeness (QED) is 0.744. The van der Waals surface area contributed by atoms with Gasteiger partial charge in [0.05, 0.1) is 18.8 Å². The summed E-state index contributed by atoms with van der Waals surface area (Å²) in [6.07, 6.45) is 1.27. The summed E-state index contributed by atoms with van der Waals surface area (Å²) in [6.45, 7) is 6.79. The molecule has 1 saturated heterocycles. The summed E-state index contributed by atoms with van der Waals surface area (Å²) in [5, 5.41) is 0. The highest BCUT2D eigenvalue weighted by Crippen LogP contribution is 2.35. The summed E-state index contributed by atoms with van der Waals surface area (Å²) in [6, 6.07) is 10.4. The van der Waals surface area contributed by atoms with E-state index in [4.69, 9.17) is 9.47 Å². The third-order valence-corrected chi connectivity index (χ3v) is 3.49. The van der Waals surface area contributed by atoms with Crippen LogP contribution < -0.4 is 0 Å². The minimum absolute atomic E-state index is 0.146. The third-order valence-electron chi connectivity index (χ3n) is 3.49. The molecular weight excluding hydrogens is 212 g/mol. The van der Waals surface area contributed by atoms with E-state index in [0.29, 0.717) is 12.5 Å². The predicted molar refractivity (Wildman–Crippen MR) is 68.9 cm³/mol. The molecule has 1 aromatic rings. The van der Waals surface area contributed by atoms with E-state index in [0.717, 1.165) is 6.42 Å². The lowest BCUT2D eigenvalue weighted by Gasteiger charge is -2.36. The van der Waals surface area contributed by atoms with Gasteiger partial charge in [-0.3, -0.25) is 0 Å². The minimum atomic E-state index is 0.146. The molecule has 1 aliphatic rings. The number of methoxy groups -OCH3 is 1. The second-order valence-corrected chi connectivity index (χ2v) is 4.70. The third kappa shape index (κ3) is 2.76. The molecule has 1 unspecified atom stereocenters. The van der Waals surface area contributed by atoms with Crippen LogP contribution >= 0.6 is 0 Å². The highest BCUT2D eigenvalue weighted by atomic mass is 16.5. The van der Waals surface area contributed by atoms with Gasteiger partial charge in [-0.25, -0.2) is 0 Å². The second-order valence-electron chi connectivity index (χ2n) is 4.70. The fraction of sp³-hybridized carbons (Fsp3) is 0.467. The molecule has 0 amide bonds. The Morgan fingerprint density at radius 2 is 2.06 bits per heavy atom. The maximum Gasteiger partial charge on any atom is 0.0870 e. The van der Waals surface area contributed by atoms with Gasteiger partial charge in [-0.2, -0.15) is 0 Å². The van der Waals surface area contributed by atoms with Gasteiger partial charge in [0.25, 0.3) is 0 Å². The Balaban J connectivity index is 2.11. The number of rotatable bonds is 3. The van der Waals surface area contributed by atoms with Crippen LogP contribution in [-0.4, -0.2) is 19.8 Å². The standard InChI is InChI=1S/C15H20O2/c1-11(2)13-9-14(17-10-15(13)16-3)12-7-5-4-6-8-12/h4-8,13-15H,1,9-10H2,2-3H3/t13-,14?,15+/m0/s1. The largest absolute Gasteiger partial charge is 0.378 e. The molecule has 0 saturated carbocycles. The molecule has 1 aromatic carbocycles. The topological polar surface area (TPSA) is 18.5 Å². The summed E-state index contributed by atoms with van der Waals surface area (Å²) < 4.78 is 11.3. The van der Waals surface area contributed by atoms with E-state index in [2.05, 4.69) is 37.8 Å². The van der Waals surface area contributed by atoms with Crippen LogP contribution in [0.15, 0.2) is 42.5 Å². The Kier molecular flexibility index (Phi) is 3.97. The lowest BCUT2D eigenvalue weighted by Crippen LogP contribution is -2.35. The van der Waals surface area contributed by atoms with Gasteiger partial charge in [0.15, 0.2) is 0 Å². The van der Waals surface area contributed by atoms with Gasteiger partial charge >= 0.3 is 0 Å². The molecule has 2 heteroatoms. The molecule has 1 aliphatic heterocycles. The van der Waals surface area contributed by atoms with Gasteiger partial charge in [0, 0.05) is 13.0 Å². The van der Waals surface area contributed by atoms with Crippen molar-refractivity contribution in [3.63, 3.8) is 0 Å². The van der Waals surface area contributed by atoms with Gasteiger partial charge in [-0.05, 0) is 18.9 Å². The Morgan fingerprint density at radius 1 is 1.35 bits per heavy atom. The van der Waals surface area contributed by atoms with Crippen molar-refractivity contribution < 1.29 is 9.47 Å². The summed E-state index contributed by atoms with van der Waals surface area (Å²) in [5.74, 6) is 0.388. The molecule has 0 bridgehead atoms. The first-order valence-corrected chi connectivity index (χ1v) is 6.07. The fourth-order valence-corrected chi connectivity index (χ4v) is 2.43. The smallest absolute Gasteiger partial charge is 0.0870 e. The van der Waals surface area contributed by atoms with Crippen LogP contribution in [0.2, 0.25) is 0 Å². The molecule has 0 aromatic heterocycles. The van der Waals surface area contributed by atoms with Gasteiger partial charge in [0.2, 0.25) is 0 Å². The first kappa shape index (κ1) is 12.3. The summed E-state index contributed by atoms with van der Waals surface area (Å²) >= 11 is 0. The van der Waals surface area contributed by atoms with Crippen molar-refractivity contribution in [1.82, 2.24) is 0 Å². The molecule has 0 N–H and O–H groups in total. The van der Waals surface area contributed by atoms with Gasteiger partial charge in [0.1, 0.15) is 0 Å². The molecule has 0 aliphatic carbocycles. The maximum atomic E-state index is 5.88. The van der Waals surface area contributed by atoms with Gasteiger partial charge in [-0.1, -0.05) is 42.5 Å². The summed E-state index contributed by atoms with van der Waals surface area (Å²) in [5.41, 5.74) is 2.43. The van der Waals surface area contributed by atoms with Crippen LogP contribution in [0.25, 0.3) is 0 Å². The Hall–Kier alpha value is -1.12. The fourth-order valence-electron chi connectivity index (χ4n) is 2.43. The van der Waals surface area contributed by atoms with Crippen LogP contribution in [-0.2, 0) is 9.47 Å². The Bertz CT molecular complexity index is 372. The van der Waals surface area contributed by atoms with E-state index in [1.54, 1.807) is 7.11 Å². The lowest BCUT2D eigenvalue weighted by molar-refractivity contribution is -0.0959. The van der Waals surface area contributed by atoms with Crippen molar-refractivity contribution in [2.24, 2.45) is 5.92 Å². The first-order valence-electron chi connectivity index (χ1n) is 6.07. The zero-order chi connectivity index (χ0) is 12.3. The molecule has 2 rings (SSSR count). The van der Waals surface area contributed by atoms with Crippen LogP contribution in [0.5, 0.6) is 0 Å². The second kappa shape index (κ2) is 5.48. The van der Waals surface area contributed by atoms with Crippen molar-refractivity contribution in [1.29, 1.82) is 0 Å². The lowest BCUT2D eigenvalue weighted by atomic mass is 9.85. The average Bonchev–Trinajstić information content (AvgIpc) is 2.39. The number of benzene rings is 1. The number of hydrogen-bond acceptors (Lipinski definition) is 2. The number of ether oxygens (including phenoxy) is 2. The van der Waals surface area contributed by atoms with Crippen LogP contribution in [0, 0.1) is 5.92 Å². The molecule has 2 nitrogen and oxygen atoms in total. The van der Waals surface area contributed by atoms with Crippen molar-refractivity contribution in [2.45, 2.75) is 25.6 Å².